The highest BCUT2D eigenvalue weighted by Gasteiger charge is 2.13. The number of carbonyl (C=O) groups excluding carboxylic acids is 3. The Hall–Kier alpha value is -2.74. The molecule has 0 bridgehead atoms. The Kier molecular flexibility index (Phi) is 5.81. The Bertz CT molecular complexity index is 722. The van der Waals surface area contributed by atoms with E-state index in [2.05, 4.69) is 31.8 Å². The van der Waals surface area contributed by atoms with Gasteiger partial charge in [-0.25, -0.2) is 9.78 Å². The first kappa shape index (κ1) is 16.6. The van der Waals surface area contributed by atoms with Gasteiger partial charge in [0.05, 0.1) is 5.56 Å². The van der Waals surface area contributed by atoms with Crippen LogP contribution in [0.1, 0.15) is 20.8 Å². The van der Waals surface area contributed by atoms with Gasteiger partial charge in [-0.15, -0.1) is 0 Å². The summed E-state index contributed by atoms with van der Waals surface area (Å²) >= 11 is 3.23. The molecule has 0 aliphatic carbocycles. The van der Waals surface area contributed by atoms with E-state index >= 15 is 0 Å². The maximum absolute atomic E-state index is 11.9. The molecule has 7 nitrogen and oxygen atoms in total. The predicted molar refractivity (Wildman–Crippen MR) is 84.3 cm³/mol. The first-order chi connectivity index (χ1) is 11.1. The number of amides is 2. The number of pyridine rings is 1. The first-order valence-corrected chi connectivity index (χ1v) is 7.29. The van der Waals surface area contributed by atoms with Crippen LogP contribution < -0.4 is 10.9 Å². The van der Waals surface area contributed by atoms with Crippen LogP contribution in [0.2, 0.25) is 0 Å². The van der Waals surface area contributed by atoms with E-state index in [4.69, 9.17) is 4.74 Å². The van der Waals surface area contributed by atoms with Crippen LogP contribution in [-0.2, 0) is 9.53 Å². The molecule has 0 saturated heterocycles. The molecule has 1 aromatic heterocycles. The zero-order valence-corrected chi connectivity index (χ0v) is 13.4. The highest BCUT2D eigenvalue weighted by molar-refractivity contribution is 9.10. The van der Waals surface area contributed by atoms with Crippen molar-refractivity contribution in [2.24, 2.45) is 0 Å². The number of carbonyl (C=O) groups is 3. The Labute approximate surface area is 140 Å². The fraction of sp³-hybridized carbons (Fsp3) is 0.0667. The molecule has 2 rings (SSSR count). The lowest BCUT2D eigenvalue weighted by atomic mass is 10.2. The molecule has 0 aliphatic heterocycles. The van der Waals surface area contributed by atoms with Crippen molar-refractivity contribution in [2.75, 3.05) is 6.61 Å². The summed E-state index contributed by atoms with van der Waals surface area (Å²) < 4.78 is 5.37. The summed E-state index contributed by atoms with van der Waals surface area (Å²) in [5, 5.41) is 0. The van der Waals surface area contributed by atoms with Gasteiger partial charge in [0.25, 0.3) is 11.8 Å². The minimum atomic E-state index is -0.724. The fourth-order valence-corrected chi connectivity index (χ4v) is 2.03. The Morgan fingerprint density at radius 3 is 2.48 bits per heavy atom. The summed E-state index contributed by atoms with van der Waals surface area (Å²) in [5.41, 5.74) is 4.84. The maximum atomic E-state index is 11.9. The van der Waals surface area contributed by atoms with Crippen LogP contribution in [0.3, 0.4) is 0 Å². The minimum Gasteiger partial charge on any atom is -0.451 e. The molecule has 0 saturated carbocycles. The minimum absolute atomic E-state index is 0.0950. The van der Waals surface area contributed by atoms with E-state index in [0.717, 1.165) is 0 Å². The lowest BCUT2D eigenvalue weighted by molar-refractivity contribution is -0.125. The standard InChI is InChI=1S/C15H12BrN3O4/c16-11-6-2-1-5-10(11)14(21)19-18-13(20)9-23-15(22)12-7-3-4-8-17-12/h1-8H,9H2,(H,18,20)(H,19,21). The molecular formula is C15H12BrN3O4. The second-order valence-electron chi connectivity index (χ2n) is 4.27. The van der Waals surface area contributed by atoms with Gasteiger partial charge in [-0.1, -0.05) is 18.2 Å². The monoisotopic (exact) mass is 377 g/mol. The van der Waals surface area contributed by atoms with Crippen molar-refractivity contribution in [2.45, 2.75) is 0 Å². The second-order valence-corrected chi connectivity index (χ2v) is 5.13. The van der Waals surface area contributed by atoms with Gasteiger partial charge in [0.2, 0.25) is 0 Å². The van der Waals surface area contributed by atoms with Crippen molar-refractivity contribution in [1.82, 2.24) is 15.8 Å². The SMILES string of the molecule is O=C(COC(=O)c1ccccn1)NNC(=O)c1ccccc1Br. The maximum Gasteiger partial charge on any atom is 0.357 e. The summed E-state index contributed by atoms with van der Waals surface area (Å²) in [6.45, 7) is -0.536. The van der Waals surface area contributed by atoms with Crippen molar-refractivity contribution >= 4 is 33.7 Å². The zero-order chi connectivity index (χ0) is 16.7. The van der Waals surface area contributed by atoms with Crippen LogP contribution in [0.25, 0.3) is 0 Å². The van der Waals surface area contributed by atoms with E-state index in [-0.39, 0.29) is 5.69 Å². The molecule has 0 fully saturated rings. The Morgan fingerprint density at radius 1 is 1.04 bits per heavy atom. The molecule has 118 valence electrons. The van der Waals surface area contributed by atoms with E-state index < -0.39 is 24.4 Å². The largest absolute Gasteiger partial charge is 0.451 e. The van der Waals surface area contributed by atoms with Crippen molar-refractivity contribution in [3.8, 4) is 0 Å². The smallest absolute Gasteiger partial charge is 0.357 e. The van der Waals surface area contributed by atoms with Crippen molar-refractivity contribution in [3.63, 3.8) is 0 Å². The molecule has 2 amide bonds. The number of esters is 1. The summed E-state index contributed by atoms with van der Waals surface area (Å²) in [4.78, 5) is 38.8. The number of ether oxygens (including phenoxy) is 1. The number of benzene rings is 1. The van der Waals surface area contributed by atoms with E-state index in [1.165, 1.54) is 12.3 Å². The van der Waals surface area contributed by atoms with Gasteiger partial charge in [-0.05, 0) is 40.2 Å². The molecule has 0 aliphatic rings. The molecule has 0 unspecified atom stereocenters. The molecule has 0 radical (unpaired) electrons. The van der Waals surface area contributed by atoms with E-state index in [1.54, 1.807) is 36.4 Å². The summed E-state index contributed by atoms with van der Waals surface area (Å²) in [6.07, 6.45) is 1.44. The van der Waals surface area contributed by atoms with Crippen LogP contribution in [0.5, 0.6) is 0 Å². The lowest BCUT2D eigenvalue weighted by Crippen LogP contribution is -2.43. The second kappa shape index (κ2) is 8.04. The topological polar surface area (TPSA) is 97.4 Å². The highest BCUT2D eigenvalue weighted by Crippen LogP contribution is 2.15. The number of hydrazine groups is 1. The third-order valence-electron chi connectivity index (χ3n) is 2.64. The van der Waals surface area contributed by atoms with Crippen molar-refractivity contribution in [3.05, 3.63) is 64.4 Å². The molecule has 8 heteroatoms. The average molecular weight is 378 g/mol. The molecule has 0 atom stereocenters. The molecule has 1 heterocycles. The number of hydrogen-bond acceptors (Lipinski definition) is 5. The summed E-state index contributed by atoms with van der Waals surface area (Å²) in [7, 11) is 0. The van der Waals surface area contributed by atoms with Crippen LogP contribution in [0.4, 0.5) is 0 Å². The van der Waals surface area contributed by atoms with Crippen LogP contribution in [0.15, 0.2) is 53.1 Å². The normalized spacial score (nSPS) is 9.78. The molecular weight excluding hydrogens is 366 g/mol. The number of halogens is 1. The highest BCUT2D eigenvalue weighted by atomic mass is 79.9. The molecule has 2 aromatic rings. The van der Waals surface area contributed by atoms with E-state index in [9.17, 15) is 14.4 Å². The number of nitrogens with one attached hydrogen (secondary N) is 2. The molecule has 0 spiro atoms. The van der Waals surface area contributed by atoms with Crippen molar-refractivity contribution in [1.29, 1.82) is 0 Å². The third kappa shape index (κ3) is 4.89. The Balaban J connectivity index is 1.78. The number of rotatable bonds is 4. The third-order valence-corrected chi connectivity index (χ3v) is 3.33. The van der Waals surface area contributed by atoms with Gasteiger partial charge in [-0.2, -0.15) is 0 Å². The summed E-state index contributed by atoms with van der Waals surface area (Å²) in [5.74, 6) is -1.89. The van der Waals surface area contributed by atoms with E-state index in [1.807, 2.05) is 0 Å². The van der Waals surface area contributed by atoms with Crippen LogP contribution in [-0.4, -0.2) is 29.4 Å². The fourth-order valence-electron chi connectivity index (χ4n) is 1.56. The molecule has 1 aromatic carbocycles. The quantitative estimate of drug-likeness (QED) is 0.620. The summed E-state index contributed by atoms with van der Waals surface area (Å²) in [6, 6.07) is 11.5. The van der Waals surface area contributed by atoms with Gasteiger partial charge >= 0.3 is 5.97 Å². The molecule has 23 heavy (non-hydrogen) atoms. The lowest BCUT2D eigenvalue weighted by Gasteiger charge is -2.08. The Morgan fingerprint density at radius 2 is 1.78 bits per heavy atom. The first-order valence-electron chi connectivity index (χ1n) is 6.50. The number of aromatic nitrogens is 1. The van der Waals surface area contributed by atoms with Crippen LogP contribution >= 0.6 is 15.9 Å². The van der Waals surface area contributed by atoms with Gasteiger partial charge in [0.1, 0.15) is 5.69 Å². The van der Waals surface area contributed by atoms with Gasteiger partial charge in [0, 0.05) is 10.7 Å². The van der Waals surface area contributed by atoms with E-state index in [0.29, 0.717) is 10.0 Å². The van der Waals surface area contributed by atoms with Gasteiger partial charge in [-0.3, -0.25) is 20.4 Å². The average Bonchev–Trinajstić information content (AvgIpc) is 2.58. The molecule has 2 N–H and O–H groups in total. The van der Waals surface area contributed by atoms with Gasteiger partial charge in [0.15, 0.2) is 6.61 Å². The van der Waals surface area contributed by atoms with Crippen molar-refractivity contribution < 1.29 is 19.1 Å². The number of hydrogen-bond donors (Lipinski definition) is 2. The number of nitrogens with zero attached hydrogens (tertiary/aromatic N) is 1. The zero-order valence-electron chi connectivity index (χ0n) is 11.8. The predicted octanol–water partition coefficient (Wildman–Crippen LogP) is 1.46. The van der Waals surface area contributed by atoms with Gasteiger partial charge < -0.3 is 4.74 Å². The van der Waals surface area contributed by atoms with Crippen LogP contribution in [0, 0.1) is 0 Å².